The summed E-state index contributed by atoms with van der Waals surface area (Å²) in [6, 6.07) is 29.2. The highest BCUT2D eigenvalue weighted by molar-refractivity contribution is 6.16. The van der Waals surface area contributed by atoms with Gasteiger partial charge in [-0.15, -0.1) is 0 Å². The third-order valence-electron chi connectivity index (χ3n) is 6.71. The number of aromatic nitrogens is 2. The van der Waals surface area contributed by atoms with Crippen molar-refractivity contribution in [2.24, 2.45) is 0 Å². The largest absolute Gasteiger partial charge is 0.493 e. The number of imidazole rings is 1. The molecule has 0 atom stereocenters. The van der Waals surface area contributed by atoms with E-state index in [4.69, 9.17) is 19.2 Å². The Morgan fingerprint density at radius 1 is 0.667 bits per heavy atom. The molecule has 0 radical (unpaired) electrons. The maximum Gasteiger partial charge on any atom is 0.204 e. The summed E-state index contributed by atoms with van der Waals surface area (Å²) >= 11 is 0. The third kappa shape index (κ3) is 3.20. The number of ether oxygens (including phenoxy) is 3. The van der Waals surface area contributed by atoms with Gasteiger partial charge in [-0.05, 0) is 12.3 Å². The van der Waals surface area contributed by atoms with Crippen molar-refractivity contribution in [3.63, 3.8) is 0 Å². The molecule has 36 heavy (non-hydrogen) atoms. The third-order valence-corrected chi connectivity index (χ3v) is 6.71. The van der Waals surface area contributed by atoms with E-state index in [1.807, 2.05) is 30.3 Å². The molecule has 0 aliphatic rings. The van der Waals surface area contributed by atoms with E-state index in [0.29, 0.717) is 17.2 Å². The van der Waals surface area contributed by atoms with Crippen LogP contribution in [0.1, 0.15) is 5.56 Å². The maximum absolute atomic E-state index is 5.99. The Morgan fingerprint density at radius 2 is 1.33 bits per heavy atom. The van der Waals surface area contributed by atoms with Crippen LogP contribution in [0, 0.1) is 6.92 Å². The second kappa shape index (κ2) is 8.61. The predicted octanol–water partition coefficient (Wildman–Crippen LogP) is 7.31. The van der Waals surface area contributed by atoms with E-state index in [-0.39, 0.29) is 0 Å². The molecular weight excluding hydrogens is 448 g/mol. The molecule has 0 unspecified atom stereocenters. The number of nitrogens with zero attached hydrogens (tertiary/aromatic N) is 2. The van der Waals surface area contributed by atoms with Gasteiger partial charge in [0.1, 0.15) is 5.65 Å². The highest BCUT2D eigenvalue weighted by Gasteiger charge is 2.25. The molecule has 2 heterocycles. The fraction of sp³-hybridized carbons (Fsp3) is 0.129. The van der Waals surface area contributed by atoms with E-state index in [2.05, 4.69) is 65.9 Å². The van der Waals surface area contributed by atoms with Gasteiger partial charge in [-0.1, -0.05) is 84.4 Å². The molecule has 0 spiro atoms. The molecule has 6 rings (SSSR count). The Labute approximate surface area is 209 Å². The Morgan fingerprint density at radius 3 is 1.97 bits per heavy atom. The number of hydrogen-bond acceptors (Lipinski definition) is 4. The Balaban J connectivity index is 1.93. The van der Waals surface area contributed by atoms with Gasteiger partial charge in [0, 0.05) is 22.6 Å². The van der Waals surface area contributed by atoms with E-state index in [9.17, 15) is 0 Å². The lowest BCUT2D eigenvalue weighted by molar-refractivity contribution is 0.327. The molecule has 5 heteroatoms. The molecule has 2 aromatic heterocycles. The van der Waals surface area contributed by atoms with Crippen LogP contribution in [0.4, 0.5) is 0 Å². The zero-order valence-electron chi connectivity index (χ0n) is 20.7. The van der Waals surface area contributed by atoms with Crippen molar-refractivity contribution >= 4 is 27.3 Å². The minimum atomic E-state index is 0.569. The number of methoxy groups -OCH3 is 3. The second-order valence-electron chi connectivity index (χ2n) is 8.79. The summed E-state index contributed by atoms with van der Waals surface area (Å²) in [4.78, 5) is 5.27. The number of fused-ring (bicyclic) bond motifs is 6. The number of pyridine rings is 1. The molecule has 0 saturated carbocycles. The first-order chi connectivity index (χ1) is 17.7. The summed E-state index contributed by atoms with van der Waals surface area (Å²) in [6.45, 7) is 2.10. The van der Waals surface area contributed by atoms with Crippen LogP contribution >= 0.6 is 0 Å². The van der Waals surface area contributed by atoms with Gasteiger partial charge in [-0.2, -0.15) is 0 Å². The van der Waals surface area contributed by atoms with Crippen molar-refractivity contribution in [2.45, 2.75) is 6.92 Å². The molecule has 0 bridgehead atoms. The van der Waals surface area contributed by atoms with Crippen molar-refractivity contribution in [2.75, 3.05) is 21.3 Å². The summed E-state index contributed by atoms with van der Waals surface area (Å²) in [6.07, 6.45) is 0. The Hall–Kier alpha value is -4.51. The molecule has 0 aliphatic carbocycles. The normalized spacial score (nSPS) is 11.3. The van der Waals surface area contributed by atoms with Crippen LogP contribution < -0.4 is 14.2 Å². The van der Waals surface area contributed by atoms with Gasteiger partial charge in [-0.25, -0.2) is 4.98 Å². The number of hydrogen-bond donors (Lipinski definition) is 0. The van der Waals surface area contributed by atoms with Gasteiger partial charge in [0.05, 0.1) is 43.6 Å². The van der Waals surface area contributed by atoms with E-state index in [0.717, 1.165) is 55.4 Å². The van der Waals surface area contributed by atoms with Crippen molar-refractivity contribution in [1.82, 2.24) is 9.38 Å². The van der Waals surface area contributed by atoms with Crippen LogP contribution in [-0.2, 0) is 0 Å². The van der Waals surface area contributed by atoms with Gasteiger partial charge >= 0.3 is 0 Å². The van der Waals surface area contributed by atoms with Gasteiger partial charge in [-0.3, -0.25) is 4.40 Å². The zero-order valence-corrected chi connectivity index (χ0v) is 20.7. The summed E-state index contributed by atoms with van der Waals surface area (Å²) in [7, 11) is 4.95. The predicted molar refractivity (Wildman–Crippen MR) is 145 cm³/mol. The van der Waals surface area contributed by atoms with Crippen LogP contribution in [0.25, 0.3) is 49.8 Å². The fourth-order valence-corrected chi connectivity index (χ4v) is 5.13. The lowest BCUT2D eigenvalue weighted by Crippen LogP contribution is -2.00. The molecule has 0 amide bonds. The lowest BCUT2D eigenvalue weighted by Gasteiger charge is -2.18. The number of benzene rings is 4. The zero-order chi connectivity index (χ0) is 24.8. The summed E-state index contributed by atoms with van der Waals surface area (Å²) in [5.41, 5.74) is 7.04. The van der Waals surface area contributed by atoms with Gasteiger partial charge in [0.25, 0.3) is 0 Å². The number of aryl methyl sites for hydroxylation is 1. The van der Waals surface area contributed by atoms with Crippen LogP contribution in [0.5, 0.6) is 17.2 Å². The first kappa shape index (κ1) is 22.0. The summed E-state index contributed by atoms with van der Waals surface area (Å²) < 4.78 is 19.8. The molecule has 4 aromatic carbocycles. The summed E-state index contributed by atoms with van der Waals surface area (Å²) in [5.74, 6) is 1.81. The minimum absolute atomic E-state index is 0.569. The average molecular weight is 475 g/mol. The minimum Gasteiger partial charge on any atom is -0.493 e. The first-order valence-corrected chi connectivity index (χ1v) is 11.8. The number of rotatable bonds is 5. The molecule has 6 aromatic rings. The monoisotopic (exact) mass is 474 g/mol. The standard InChI is InChI=1S/C31H26N2O3/c1-19-15-16-22-23(17-19)26-24(18-25(34-2)29(35-3)30(26)36-4)33-28(21-13-9-6-10-14-21)27(32-31(22)33)20-11-7-5-8-12-20/h5-18H,1-4H3. The Kier molecular flexibility index (Phi) is 5.26. The van der Waals surface area contributed by atoms with Crippen LogP contribution in [0.15, 0.2) is 84.9 Å². The molecule has 0 aliphatic heterocycles. The van der Waals surface area contributed by atoms with E-state index < -0.39 is 0 Å². The van der Waals surface area contributed by atoms with Gasteiger partial charge < -0.3 is 14.2 Å². The van der Waals surface area contributed by atoms with E-state index >= 15 is 0 Å². The molecular formula is C31H26N2O3. The average Bonchev–Trinajstić information content (AvgIpc) is 3.33. The molecule has 5 nitrogen and oxygen atoms in total. The van der Waals surface area contributed by atoms with Crippen molar-refractivity contribution in [1.29, 1.82) is 0 Å². The van der Waals surface area contributed by atoms with Crippen LogP contribution in [0.2, 0.25) is 0 Å². The summed E-state index contributed by atoms with van der Waals surface area (Å²) in [5, 5.41) is 3.05. The fourth-order valence-electron chi connectivity index (χ4n) is 5.13. The molecule has 0 N–H and O–H groups in total. The van der Waals surface area contributed by atoms with E-state index in [1.54, 1.807) is 21.3 Å². The van der Waals surface area contributed by atoms with Crippen molar-refractivity contribution < 1.29 is 14.2 Å². The van der Waals surface area contributed by atoms with Gasteiger partial charge in [0.2, 0.25) is 5.75 Å². The SMILES string of the molecule is COc1cc2c(c(OC)c1OC)c1cc(C)ccc1c1nc(-c3ccccc3)c(-c3ccccc3)n21. The smallest absolute Gasteiger partial charge is 0.204 e. The van der Waals surface area contributed by atoms with E-state index in [1.165, 1.54) is 0 Å². The molecule has 0 fully saturated rings. The lowest BCUT2D eigenvalue weighted by atomic mass is 10.0. The highest BCUT2D eigenvalue weighted by Crippen LogP contribution is 2.48. The quantitative estimate of drug-likeness (QED) is 0.246. The maximum atomic E-state index is 5.99. The Bertz CT molecular complexity index is 1740. The van der Waals surface area contributed by atoms with Gasteiger partial charge in [0.15, 0.2) is 11.5 Å². The van der Waals surface area contributed by atoms with Crippen LogP contribution in [0.3, 0.4) is 0 Å². The van der Waals surface area contributed by atoms with Crippen molar-refractivity contribution in [3.8, 4) is 39.8 Å². The molecule has 0 saturated heterocycles. The topological polar surface area (TPSA) is 45.0 Å². The highest BCUT2D eigenvalue weighted by atomic mass is 16.5. The van der Waals surface area contributed by atoms with Crippen molar-refractivity contribution in [3.05, 3.63) is 90.5 Å². The molecule has 178 valence electrons. The van der Waals surface area contributed by atoms with Crippen LogP contribution in [-0.4, -0.2) is 30.7 Å². The first-order valence-electron chi connectivity index (χ1n) is 11.8. The second-order valence-corrected chi connectivity index (χ2v) is 8.79.